The van der Waals surface area contributed by atoms with Crippen LogP contribution in [-0.4, -0.2) is 28.7 Å². The van der Waals surface area contributed by atoms with E-state index in [4.69, 9.17) is 11.6 Å². The zero-order valence-corrected chi connectivity index (χ0v) is 18.1. The molecule has 1 fully saturated rings. The molecule has 2 atom stereocenters. The Kier molecular flexibility index (Phi) is 5.24. The molecule has 6 nitrogen and oxygen atoms in total. The van der Waals surface area contributed by atoms with E-state index in [0.29, 0.717) is 17.6 Å². The maximum absolute atomic E-state index is 12.8. The number of aromatic nitrogens is 2. The SMILES string of the molecule is Cc1nc2c(N3CC[C@H](Nc4ccc(Cl)cc4)[C@@H](C)C3)c(C#N)c(=O)n(C)c2s1. The van der Waals surface area contributed by atoms with Gasteiger partial charge < -0.3 is 14.8 Å². The molecule has 3 aromatic rings. The molecule has 29 heavy (non-hydrogen) atoms. The molecule has 0 bridgehead atoms. The van der Waals surface area contributed by atoms with Crippen molar-refractivity contribution in [1.82, 2.24) is 9.55 Å². The number of nitrogens with one attached hydrogen (secondary N) is 1. The van der Waals surface area contributed by atoms with Gasteiger partial charge in [0.1, 0.15) is 22.0 Å². The van der Waals surface area contributed by atoms with Crippen LogP contribution in [0.2, 0.25) is 5.02 Å². The molecule has 150 valence electrons. The summed E-state index contributed by atoms with van der Waals surface area (Å²) in [6, 6.07) is 10.2. The van der Waals surface area contributed by atoms with Crippen LogP contribution >= 0.6 is 22.9 Å². The van der Waals surface area contributed by atoms with E-state index in [1.165, 1.54) is 11.3 Å². The van der Waals surface area contributed by atoms with Gasteiger partial charge in [-0.2, -0.15) is 5.26 Å². The van der Waals surface area contributed by atoms with Crippen molar-refractivity contribution in [3.05, 3.63) is 50.2 Å². The van der Waals surface area contributed by atoms with Gasteiger partial charge in [0.25, 0.3) is 5.56 Å². The molecule has 1 aliphatic rings. The van der Waals surface area contributed by atoms with Crippen molar-refractivity contribution in [2.24, 2.45) is 13.0 Å². The first-order chi connectivity index (χ1) is 13.9. The highest BCUT2D eigenvalue weighted by Gasteiger charge is 2.30. The van der Waals surface area contributed by atoms with Crippen molar-refractivity contribution in [1.29, 1.82) is 5.26 Å². The Morgan fingerprint density at radius 1 is 1.34 bits per heavy atom. The maximum atomic E-state index is 12.8. The van der Waals surface area contributed by atoms with Gasteiger partial charge in [0, 0.05) is 36.9 Å². The third-order valence-corrected chi connectivity index (χ3v) is 6.83. The second-order valence-electron chi connectivity index (χ2n) is 7.56. The number of nitrogens with zero attached hydrogens (tertiary/aromatic N) is 4. The molecule has 1 aliphatic heterocycles. The Labute approximate surface area is 178 Å². The zero-order valence-electron chi connectivity index (χ0n) is 16.6. The van der Waals surface area contributed by atoms with Crippen LogP contribution in [0.1, 0.15) is 23.9 Å². The number of benzene rings is 1. The first-order valence-electron chi connectivity index (χ1n) is 9.56. The van der Waals surface area contributed by atoms with Crippen molar-refractivity contribution < 1.29 is 0 Å². The Hall–Kier alpha value is -2.56. The molecule has 1 saturated heterocycles. The van der Waals surface area contributed by atoms with Gasteiger partial charge in [0.2, 0.25) is 0 Å². The number of aryl methyl sites for hydroxylation is 2. The van der Waals surface area contributed by atoms with Crippen LogP contribution in [0.3, 0.4) is 0 Å². The van der Waals surface area contributed by atoms with E-state index in [-0.39, 0.29) is 11.1 Å². The topological polar surface area (TPSA) is 74.0 Å². The lowest BCUT2D eigenvalue weighted by Crippen LogP contribution is -2.46. The van der Waals surface area contributed by atoms with Crippen LogP contribution in [0.5, 0.6) is 0 Å². The number of hydrogen-bond donors (Lipinski definition) is 1. The fourth-order valence-electron chi connectivity index (χ4n) is 4.01. The number of halogens is 1. The molecule has 1 aromatic carbocycles. The Balaban J connectivity index is 1.65. The van der Waals surface area contributed by atoms with Crippen LogP contribution in [0.4, 0.5) is 11.4 Å². The van der Waals surface area contributed by atoms with E-state index in [1.807, 2.05) is 31.2 Å². The molecule has 0 spiro atoms. The van der Waals surface area contributed by atoms with Crippen molar-refractivity contribution in [2.45, 2.75) is 26.3 Å². The molecule has 0 amide bonds. The lowest BCUT2D eigenvalue weighted by molar-refractivity contribution is 0.404. The maximum Gasteiger partial charge on any atom is 0.271 e. The molecule has 8 heteroatoms. The van der Waals surface area contributed by atoms with Crippen LogP contribution in [0.25, 0.3) is 10.3 Å². The first-order valence-corrected chi connectivity index (χ1v) is 10.8. The minimum absolute atomic E-state index is 0.182. The number of rotatable bonds is 3. The van der Waals surface area contributed by atoms with Crippen LogP contribution in [0, 0.1) is 24.2 Å². The number of hydrogen-bond acceptors (Lipinski definition) is 6. The second-order valence-corrected chi connectivity index (χ2v) is 9.17. The van der Waals surface area contributed by atoms with Crippen LogP contribution in [-0.2, 0) is 7.05 Å². The Morgan fingerprint density at radius 2 is 2.07 bits per heavy atom. The van der Waals surface area contributed by atoms with E-state index < -0.39 is 0 Å². The van der Waals surface area contributed by atoms with E-state index in [2.05, 4.69) is 28.2 Å². The highest BCUT2D eigenvalue weighted by Crippen LogP contribution is 2.34. The van der Waals surface area contributed by atoms with E-state index in [9.17, 15) is 10.1 Å². The second kappa shape index (κ2) is 7.69. The highest BCUT2D eigenvalue weighted by atomic mass is 35.5. The summed E-state index contributed by atoms with van der Waals surface area (Å²) in [6.07, 6.45) is 0.897. The fourth-order valence-corrected chi connectivity index (χ4v) is 5.01. The standard InChI is InChI=1S/C21H22ClN5OS/c1-12-11-27(9-8-17(12)25-15-6-4-14(22)5-7-15)19-16(10-23)20(28)26(3)21-18(19)24-13(2)29-21/h4-7,12,17,25H,8-9,11H2,1-3H3/t12-,17-/m0/s1. The number of thiazole rings is 1. The van der Waals surface area contributed by atoms with Crippen molar-refractivity contribution >= 4 is 44.7 Å². The van der Waals surface area contributed by atoms with Gasteiger partial charge in [0.15, 0.2) is 0 Å². The van der Waals surface area contributed by atoms with Gasteiger partial charge in [-0.05, 0) is 43.5 Å². The minimum Gasteiger partial charge on any atom is -0.382 e. The minimum atomic E-state index is -0.257. The summed E-state index contributed by atoms with van der Waals surface area (Å²) in [4.78, 5) is 20.4. The van der Waals surface area contributed by atoms with Gasteiger partial charge in [-0.1, -0.05) is 18.5 Å². The molecule has 0 saturated carbocycles. The van der Waals surface area contributed by atoms with Crippen LogP contribution < -0.4 is 15.8 Å². The summed E-state index contributed by atoms with van der Waals surface area (Å²) in [5.74, 6) is 0.324. The predicted octanol–water partition coefficient (Wildman–Crippen LogP) is 4.16. The lowest BCUT2D eigenvalue weighted by atomic mass is 9.92. The normalized spacial score (nSPS) is 19.3. The molecule has 3 heterocycles. The molecule has 1 N–H and O–H groups in total. The van der Waals surface area contributed by atoms with Gasteiger partial charge in [-0.15, -0.1) is 11.3 Å². The lowest BCUT2D eigenvalue weighted by Gasteiger charge is -2.39. The van der Waals surface area contributed by atoms with Crippen LogP contribution in [0.15, 0.2) is 29.1 Å². The Morgan fingerprint density at radius 3 is 2.72 bits per heavy atom. The van der Waals surface area contributed by atoms with Gasteiger partial charge >= 0.3 is 0 Å². The first kappa shape index (κ1) is 19.7. The van der Waals surface area contributed by atoms with E-state index in [0.717, 1.165) is 45.6 Å². The van der Waals surface area contributed by atoms with Gasteiger partial charge in [-0.25, -0.2) is 4.98 Å². The van der Waals surface area contributed by atoms with Gasteiger partial charge in [0.05, 0.1) is 10.7 Å². The van der Waals surface area contributed by atoms with Gasteiger partial charge in [-0.3, -0.25) is 4.79 Å². The molecule has 0 radical (unpaired) electrons. The molecule has 0 aliphatic carbocycles. The average Bonchev–Trinajstić information content (AvgIpc) is 3.09. The number of piperidine rings is 1. The van der Waals surface area contributed by atoms with E-state index >= 15 is 0 Å². The highest BCUT2D eigenvalue weighted by molar-refractivity contribution is 7.18. The summed E-state index contributed by atoms with van der Waals surface area (Å²) in [5, 5.41) is 14.9. The van der Waals surface area contributed by atoms with E-state index in [1.54, 1.807) is 11.6 Å². The molecular formula is C21H22ClN5OS. The fraction of sp³-hybridized carbons (Fsp3) is 0.381. The number of pyridine rings is 1. The monoisotopic (exact) mass is 427 g/mol. The van der Waals surface area contributed by atoms with Crippen molar-refractivity contribution in [3.8, 4) is 6.07 Å². The summed E-state index contributed by atoms with van der Waals surface area (Å²) in [6.45, 7) is 5.62. The third-order valence-electron chi connectivity index (χ3n) is 5.53. The Bertz CT molecular complexity index is 1160. The number of fused-ring (bicyclic) bond motifs is 1. The average molecular weight is 428 g/mol. The molecule has 2 aromatic heterocycles. The van der Waals surface area contributed by atoms with Crippen molar-refractivity contribution in [3.63, 3.8) is 0 Å². The summed E-state index contributed by atoms with van der Waals surface area (Å²) < 4.78 is 1.54. The molecule has 4 rings (SSSR count). The third kappa shape index (κ3) is 3.59. The number of nitriles is 1. The molecular weight excluding hydrogens is 406 g/mol. The smallest absolute Gasteiger partial charge is 0.271 e. The van der Waals surface area contributed by atoms with Crippen molar-refractivity contribution in [2.75, 3.05) is 23.3 Å². The molecule has 0 unspecified atom stereocenters. The summed E-state index contributed by atoms with van der Waals surface area (Å²) in [7, 11) is 1.71. The zero-order chi connectivity index (χ0) is 20.7. The number of anilines is 2. The summed E-state index contributed by atoms with van der Waals surface area (Å²) >= 11 is 7.47. The quantitative estimate of drug-likeness (QED) is 0.679. The summed E-state index contributed by atoms with van der Waals surface area (Å²) in [5.41, 5.74) is 2.41. The predicted molar refractivity (Wildman–Crippen MR) is 119 cm³/mol. The largest absolute Gasteiger partial charge is 0.382 e.